The predicted molar refractivity (Wildman–Crippen MR) is 101 cm³/mol. The molecule has 0 aliphatic carbocycles. The van der Waals surface area contributed by atoms with E-state index in [1.807, 2.05) is 25.1 Å². The highest BCUT2D eigenvalue weighted by Crippen LogP contribution is 2.27. The summed E-state index contributed by atoms with van der Waals surface area (Å²) in [5, 5.41) is 12.4. The van der Waals surface area contributed by atoms with Gasteiger partial charge in [0.25, 0.3) is 5.91 Å². The first-order valence-corrected chi connectivity index (χ1v) is 8.95. The number of piperazine rings is 1. The molecule has 0 atom stereocenters. The van der Waals surface area contributed by atoms with Gasteiger partial charge in [0.15, 0.2) is 0 Å². The number of hydrogen-bond donors (Lipinski definition) is 1. The number of para-hydroxylation sites is 1. The summed E-state index contributed by atoms with van der Waals surface area (Å²) in [5.74, 6) is -0.0385. The van der Waals surface area contributed by atoms with Crippen molar-refractivity contribution < 1.29 is 4.79 Å². The molecule has 1 aliphatic heterocycles. The van der Waals surface area contributed by atoms with E-state index in [1.165, 1.54) is 0 Å². The van der Waals surface area contributed by atoms with Crippen LogP contribution in [-0.4, -0.2) is 48.4 Å². The smallest absolute Gasteiger partial charge is 0.267 e. The van der Waals surface area contributed by atoms with E-state index in [0.29, 0.717) is 5.92 Å². The summed E-state index contributed by atoms with van der Waals surface area (Å²) < 4.78 is 0. The molecule has 1 aromatic rings. The summed E-state index contributed by atoms with van der Waals surface area (Å²) in [6.45, 7) is 13.0. The molecule has 1 heterocycles. The standard InChI is InChI=1S/C20H28N4O/c1-5-23-9-11-24(12-10-23)14-17(13-21)20(25)22-19-16(4)7-6-8-18(19)15(2)3/h6-8,14-15H,5,9-12H2,1-4H3,(H,22,25)/b17-14-. The van der Waals surface area contributed by atoms with Gasteiger partial charge in [-0.3, -0.25) is 4.79 Å². The van der Waals surface area contributed by atoms with Gasteiger partial charge in [-0.15, -0.1) is 0 Å². The molecule has 1 fully saturated rings. The molecule has 25 heavy (non-hydrogen) atoms. The van der Waals surface area contributed by atoms with Gasteiger partial charge >= 0.3 is 0 Å². The van der Waals surface area contributed by atoms with Crippen molar-refractivity contribution in [2.24, 2.45) is 0 Å². The van der Waals surface area contributed by atoms with Crippen molar-refractivity contribution in [3.63, 3.8) is 0 Å². The van der Waals surface area contributed by atoms with Gasteiger partial charge in [-0.2, -0.15) is 5.26 Å². The number of amides is 1. The minimum Gasteiger partial charge on any atom is -0.374 e. The number of aryl methyl sites for hydroxylation is 1. The highest BCUT2D eigenvalue weighted by atomic mass is 16.1. The van der Waals surface area contributed by atoms with Crippen molar-refractivity contribution in [2.75, 3.05) is 38.0 Å². The Kier molecular flexibility index (Phi) is 6.60. The van der Waals surface area contributed by atoms with Gasteiger partial charge in [-0.1, -0.05) is 39.0 Å². The van der Waals surface area contributed by atoms with Crippen molar-refractivity contribution >= 4 is 11.6 Å². The summed E-state index contributed by atoms with van der Waals surface area (Å²) in [4.78, 5) is 17.0. The molecule has 0 saturated carbocycles. The molecule has 1 N–H and O–H groups in total. The highest BCUT2D eigenvalue weighted by Gasteiger charge is 2.18. The number of carbonyl (C=O) groups excluding carboxylic acids is 1. The average molecular weight is 340 g/mol. The third-order valence-corrected chi connectivity index (χ3v) is 4.70. The molecule has 0 bridgehead atoms. The molecule has 1 amide bonds. The lowest BCUT2D eigenvalue weighted by Crippen LogP contribution is -2.44. The van der Waals surface area contributed by atoms with E-state index in [-0.39, 0.29) is 11.5 Å². The van der Waals surface area contributed by atoms with E-state index in [1.54, 1.807) is 6.20 Å². The average Bonchev–Trinajstić information content (AvgIpc) is 2.61. The second-order valence-corrected chi connectivity index (χ2v) is 6.77. The third-order valence-electron chi connectivity index (χ3n) is 4.70. The maximum Gasteiger partial charge on any atom is 0.267 e. The Bertz CT molecular complexity index is 679. The minimum absolute atomic E-state index is 0.155. The zero-order valence-corrected chi connectivity index (χ0v) is 15.7. The third kappa shape index (κ3) is 4.83. The summed E-state index contributed by atoms with van der Waals surface area (Å²) in [7, 11) is 0. The Morgan fingerprint density at radius 3 is 2.56 bits per heavy atom. The molecule has 0 unspecified atom stereocenters. The maximum atomic E-state index is 12.6. The topological polar surface area (TPSA) is 59.4 Å². The van der Waals surface area contributed by atoms with Crippen LogP contribution in [0.15, 0.2) is 30.0 Å². The maximum absolute atomic E-state index is 12.6. The fourth-order valence-electron chi connectivity index (χ4n) is 3.05. The molecule has 1 aliphatic rings. The van der Waals surface area contributed by atoms with E-state index >= 15 is 0 Å². The van der Waals surface area contributed by atoms with Crippen LogP contribution in [0.25, 0.3) is 0 Å². The number of benzene rings is 1. The zero-order valence-electron chi connectivity index (χ0n) is 15.7. The van der Waals surface area contributed by atoms with Crippen LogP contribution >= 0.6 is 0 Å². The van der Waals surface area contributed by atoms with Gasteiger partial charge < -0.3 is 15.1 Å². The number of likely N-dealkylation sites (N-methyl/N-ethyl adjacent to an activating group) is 1. The summed E-state index contributed by atoms with van der Waals surface area (Å²) in [6.07, 6.45) is 1.70. The summed E-state index contributed by atoms with van der Waals surface area (Å²) in [6, 6.07) is 8.05. The van der Waals surface area contributed by atoms with Crippen LogP contribution in [-0.2, 0) is 4.79 Å². The van der Waals surface area contributed by atoms with Crippen LogP contribution in [0.1, 0.15) is 37.8 Å². The van der Waals surface area contributed by atoms with Crippen molar-refractivity contribution in [2.45, 2.75) is 33.6 Å². The lowest BCUT2D eigenvalue weighted by molar-refractivity contribution is -0.112. The first-order chi connectivity index (χ1) is 12.0. The second kappa shape index (κ2) is 8.68. The summed E-state index contributed by atoms with van der Waals surface area (Å²) >= 11 is 0. The van der Waals surface area contributed by atoms with Crippen molar-refractivity contribution in [1.29, 1.82) is 5.26 Å². The lowest BCUT2D eigenvalue weighted by atomic mass is 9.98. The van der Waals surface area contributed by atoms with Crippen molar-refractivity contribution in [3.8, 4) is 6.07 Å². The number of rotatable bonds is 5. The monoisotopic (exact) mass is 340 g/mol. The number of anilines is 1. The fourth-order valence-corrected chi connectivity index (χ4v) is 3.05. The highest BCUT2D eigenvalue weighted by molar-refractivity contribution is 6.07. The molecule has 134 valence electrons. The van der Waals surface area contributed by atoms with Gasteiger partial charge in [-0.05, 0) is 30.5 Å². The molecular weight excluding hydrogens is 312 g/mol. The first-order valence-electron chi connectivity index (χ1n) is 8.95. The van der Waals surface area contributed by atoms with Gasteiger partial charge in [0, 0.05) is 38.1 Å². The number of carbonyl (C=O) groups is 1. The number of hydrogen-bond acceptors (Lipinski definition) is 4. The lowest BCUT2D eigenvalue weighted by Gasteiger charge is -2.33. The molecule has 1 aromatic carbocycles. The van der Waals surface area contributed by atoms with Crippen molar-refractivity contribution in [1.82, 2.24) is 9.80 Å². The summed E-state index contributed by atoms with van der Waals surface area (Å²) in [5.41, 5.74) is 3.07. The SMILES string of the molecule is CCN1CCN(/C=C(/C#N)C(=O)Nc2c(C)cccc2C(C)C)CC1. The molecule has 5 nitrogen and oxygen atoms in total. The Morgan fingerprint density at radius 1 is 1.32 bits per heavy atom. The van der Waals surface area contributed by atoms with Crippen LogP contribution in [0.4, 0.5) is 5.69 Å². The molecule has 2 rings (SSSR count). The van der Waals surface area contributed by atoms with Crippen molar-refractivity contribution in [3.05, 3.63) is 41.1 Å². The van der Waals surface area contributed by atoms with Crippen LogP contribution < -0.4 is 5.32 Å². The Morgan fingerprint density at radius 2 is 2.00 bits per heavy atom. The zero-order chi connectivity index (χ0) is 18.4. The largest absolute Gasteiger partial charge is 0.374 e. The van der Waals surface area contributed by atoms with Gasteiger partial charge in [0.1, 0.15) is 11.6 Å². The molecule has 5 heteroatoms. The Balaban J connectivity index is 2.14. The van der Waals surface area contributed by atoms with Crippen LogP contribution in [0, 0.1) is 18.3 Å². The van der Waals surface area contributed by atoms with Gasteiger partial charge in [-0.25, -0.2) is 0 Å². The van der Waals surface area contributed by atoms with E-state index in [4.69, 9.17) is 0 Å². The molecule has 0 aromatic heterocycles. The quantitative estimate of drug-likeness (QED) is 0.661. The van der Waals surface area contributed by atoms with Gasteiger partial charge in [0.05, 0.1) is 0 Å². The number of nitrogens with one attached hydrogen (secondary N) is 1. The number of nitrogens with zero attached hydrogens (tertiary/aromatic N) is 3. The van der Waals surface area contributed by atoms with E-state index < -0.39 is 0 Å². The van der Waals surface area contributed by atoms with Crippen LogP contribution in [0.2, 0.25) is 0 Å². The fraction of sp³-hybridized carbons (Fsp3) is 0.500. The van der Waals surface area contributed by atoms with Crippen LogP contribution in [0.3, 0.4) is 0 Å². The normalized spacial score (nSPS) is 16.0. The predicted octanol–water partition coefficient (Wildman–Crippen LogP) is 3.10. The minimum atomic E-state index is -0.336. The Labute approximate surface area is 150 Å². The van der Waals surface area contributed by atoms with E-state index in [9.17, 15) is 10.1 Å². The molecule has 0 radical (unpaired) electrons. The van der Waals surface area contributed by atoms with Gasteiger partial charge in [0.2, 0.25) is 0 Å². The molecular formula is C20H28N4O. The molecule has 0 spiro atoms. The Hall–Kier alpha value is -2.32. The van der Waals surface area contributed by atoms with E-state index in [2.05, 4.69) is 42.0 Å². The second-order valence-electron chi connectivity index (χ2n) is 6.77. The first kappa shape index (κ1) is 19.0. The number of nitriles is 1. The van der Waals surface area contributed by atoms with Crippen LogP contribution in [0.5, 0.6) is 0 Å². The molecule has 1 saturated heterocycles. The van der Waals surface area contributed by atoms with E-state index in [0.717, 1.165) is 49.5 Å².